The van der Waals surface area contributed by atoms with E-state index < -0.39 is 6.04 Å². The van der Waals surface area contributed by atoms with Crippen molar-refractivity contribution in [1.29, 1.82) is 0 Å². The van der Waals surface area contributed by atoms with Gasteiger partial charge in [0.05, 0.1) is 33.8 Å². The number of amides is 2. The molecule has 1 unspecified atom stereocenters. The lowest BCUT2D eigenvalue weighted by Crippen LogP contribution is -2.34. The molecule has 0 radical (unpaired) electrons. The van der Waals surface area contributed by atoms with Gasteiger partial charge in [-0.3, -0.25) is 14.6 Å². The van der Waals surface area contributed by atoms with E-state index in [0.717, 1.165) is 11.1 Å². The van der Waals surface area contributed by atoms with Gasteiger partial charge in [0.2, 0.25) is 11.7 Å². The number of nitrogens with zero attached hydrogens (tertiary/aromatic N) is 2. The summed E-state index contributed by atoms with van der Waals surface area (Å²) >= 11 is 0. The second-order valence-corrected chi connectivity index (χ2v) is 7.91. The van der Waals surface area contributed by atoms with Crippen LogP contribution in [0.25, 0.3) is 0 Å². The fourth-order valence-electron chi connectivity index (χ4n) is 4.18. The lowest BCUT2D eigenvalue weighted by molar-refractivity contribution is -0.122. The van der Waals surface area contributed by atoms with Crippen molar-refractivity contribution in [3.63, 3.8) is 0 Å². The average Bonchev–Trinajstić information content (AvgIpc) is 3.21. The predicted octanol–water partition coefficient (Wildman–Crippen LogP) is 3.51. The molecule has 176 valence electrons. The normalized spacial score (nSPS) is 13.3. The largest absolute Gasteiger partial charge is 0.493 e. The highest BCUT2D eigenvalue weighted by atomic mass is 16.5. The summed E-state index contributed by atoms with van der Waals surface area (Å²) in [5.41, 5.74) is 3.19. The zero-order chi connectivity index (χ0) is 24.1. The molecule has 0 fully saturated rings. The van der Waals surface area contributed by atoms with Gasteiger partial charge in [0.15, 0.2) is 11.5 Å². The molecule has 4 rings (SSSR count). The summed E-state index contributed by atoms with van der Waals surface area (Å²) in [4.78, 5) is 32.1. The standard InChI is InChI=1S/C26H27N3O5/c1-32-22-11-19(12-23(33-2)25(22)34-3)21(13-24(30)28-15-17-7-6-10-27-14-17)29-16-18-8-4-5-9-20(18)26(29)31/h4-12,14,21H,13,15-16H2,1-3H3,(H,28,30). The van der Waals surface area contributed by atoms with E-state index in [-0.39, 0.29) is 18.2 Å². The number of benzene rings is 2. The number of hydrogen-bond donors (Lipinski definition) is 1. The van der Waals surface area contributed by atoms with Crippen LogP contribution in [-0.2, 0) is 17.9 Å². The molecule has 0 saturated heterocycles. The summed E-state index contributed by atoms with van der Waals surface area (Å²) in [6.45, 7) is 0.759. The second kappa shape index (κ2) is 10.2. The van der Waals surface area contributed by atoms with Crippen LogP contribution >= 0.6 is 0 Å². The highest BCUT2D eigenvalue weighted by Crippen LogP contribution is 2.42. The number of methoxy groups -OCH3 is 3. The summed E-state index contributed by atoms with van der Waals surface area (Å²) in [5.74, 6) is 1.06. The van der Waals surface area contributed by atoms with Gasteiger partial charge in [0, 0.05) is 31.0 Å². The first kappa shape index (κ1) is 23.1. The van der Waals surface area contributed by atoms with Crippen LogP contribution in [0.4, 0.5) is 0 Å². The molecule has 1 atom stereocenters. The van der Waals surface area contributed by atoms with Crippen molar-refractivity contribution in [2.75, 3.05) is 21.3 Å². The Kier molecular flexibility index (Phi) is 6.96. The number of carbonyl (C=O) groups is 2. The highest BCUT2D eigenvalue weighted by molar-refractivity contribution is 5.99. The van der Waals surface area contributed by atoms with Crippen LogP contribution < -0.4 is 19.5 Å². The molecule has 0 spiro atoms. The van der Waals surface area contributed by atoms with E-state index in [4.69, 9.17) is 14.2 Å². The van der Waals surface area contributed by atoms with Gasteiger partial charge in [0.25, 0.3) is 5.91 Å². The Morgan fingerprint density at radius 1 is 1.06 bits per heavy atom. The maximum absolute atomic E-state index is 13.3. The van der Waals surface area contributed by atoms with Gasteiger partial charge in [-0.1, -0.05) is 24.3 Å². The first-order chi connectivity index (χ1) is 16.5. The van der Waals surface area contributed by atoms with Crippen molar-refractivity contribution in [2.24, 2.45) is 0 Å². The topological polar surface area (TPSA) is 90.0 Å². The molecule has 0 bridgehead atoms. The average molecular weight is 462 g/mol. The number of rotatable bonds is 9. The van der Waals surface area contributed by atoms with E-state index in [0.29, 0.717) is 41.5 Å². The van der Waals surface area contributed by atoms with Gasteiger partial charge in [-0.05, 0) is 41.0 Å². The molecule has 0 aliphatic carbocycles. The van der Waals surface area contributed by atoms with Crippen LogP contribution in [0.3, 0.4) is 0 Å². The Morgan fingerprint density at radius 2 is 1.79 bits per heavy atom. The maximum Gasteiger partial charge on any atom is 0.255 e. The summed E-state index contributed by atoms with van der Waals surface area (Å²) in [5, 5.41) is 2.93. The molecule has 2 aromatic carbocycles. The Labute approximate surface area is 198 Å². The van der Waals surface area contributed by atoms with E-state index in [2.05, 4.69) is 10.3 Å². The van der Waals surface area contributed by atoms with E-state index in [1.54, 1.807) is 29.4 Å². The van der Waals surface area contributed by atoms with Gasteiger partial charge < -0.3 is 24.4 Å². The molecule has 2 heterocycles. The summed E-state index contributed by atoms with van der Waals surface area (Å²) in [6.07, 6.45) is 3.46. The molecular formula is C26H27N3O5. The highest BCUT2D eigenvalue weighted by Gasteiger charge is 2.35. The third-order valence-corrected chi connectivity index (χ3v) is 5.89. The summed E-state index contributed by atoms with van der Waals surface area (Å²) in [6, 6.07) is 14.2. The fraction of sp³-hybridized carbons (Fsp3) is 0.269. The first-order valence-electron chi connectivity index (χ1n) is 10.9. The third kappa shape index (κ3) is 4.66. The smallest absolute Gasteiger partial charge is 0.255 e. The molecule has 1 aliphatic rings. The Morgan fingerprint density at radius 3 is 2.41 bits per heavy atom. The lowest BCUT2D eigenvalue weighted by Gasteiger charge is -2.29. The van der Waals surface area contributed by atoms with Crippen LogP contribution in [0.5, 0.6) is 17.2 Å². The molecule has 1 aromatic heterocycles. The van der Waals surface area contributed by atoms with E-state index >= 15 is 0 Å². The number of fused-ring (bicyclic) bond motifs is 1. The van der Waals surface area contributed by atoms with Crippen molar-refractivity contribution >= 4 is 11.8 Å². The van der Waals surface area contributed by atoms with Gasteiger partial charge in [-0.15, -0.1) is 0 Å². The molecule has 2 amide bonds. The molecule has 34 heavy (non-hydrogen) atoms. The van der Waals surface area contributed by atoms with Crippen LogP contribution in [0.15, 0.2) is 60.9 Å². The Balaban J connectivity index is 1.66. The number of aromatic nitrogens is 1. The molecule has 8 nitrogen and oxygen atoms in total. The second-order valence-electron chi connectivity index (χ2n) is 7.91. The van der Waals surface area contributed by atoms with Gasteiger partial charge in [-0.25, -0.2) is 0 Å². The maximum atomic E-state index is 13.3. The third-order valence-electron chi connectivity index (χ3n) is 5.89. The Bertz CT molecular complexity index is 1160. The quantitative estimate of drug-likeness (QED) is 0.525. The first-order valence-corrected chi connectivity index (χ1v) is 10.9. The van der Waals surface area contributed by atoms with E-state index in [1.807, 2.05) is 36.4 Å². The van der Waals surface area contributed by atoms with Crippen LogP contribution in [0, 0.1) is 0 Å². The van der Waals surface area contributed by atoms with Crippen molar-refractivity contribution in [3.05, 3.63) is 83.2 Å². The number of hydrogen-bond acceptors (Lipinski definition) is 6. The zero-order valence-electron chi connectivity index (χ0n) is 19.4. The van der Waals surface area contributed by atoms with Crippen LogP contribution in [0.2, 0.25) is 0 Å². The van der Waals surface area contributed by atoms with Gasteiger partial charge >= 0.3 is 0 Å². The van der Waals surface area contributed by atoms with Gasteiger partial charge in [-0.2, -0.15) is 0 Å². The van der Waals surface area contributed by atoms with Crippen molar-refractivity contribution in [1.82, 2.24) is 15.2 Å². The number of carbonyl (C=O) groups excluding carboxylic acids is 2. The molecular weight excluding hydrogens is 434 g/mol. The van der Waals surface area contributed by atoms with Gasteiger partial charge in [0.1, 0.15) is 0 Å². The SMILES string of the molecule is COc1cc(C(CC(=O)NCc2cccnc2)N2Cc3ccccc3C2=O)cc(OC)c1OC. The number of pyridine rings is 1. The molecule has 0 saturated carbocycles. The van der Waals surface area contributed by atoms with Crippen LogP contribution in [0.1, 0.15) is 39.5 Å². The monoisotopic (exact) mass is 461 g/mol. The van der Waals surface area contributed by atoms with E-state index in [1.165, 1.54) is 21.3 Å². The van der Waals surface area contributed by atoms with Crippen molar-refractivity contribution in [3.8, 4) is 17.2 Å². The molecule has 3 aromatic rings. The Hall–Kier alpha value is -4.07. The fourth-order valence-corrected chi connectivity index (χ4v) is 4.18. The van der Waals surface area contributed by atoms with Crippen molar-refractivity contribution in [2.45, 2.75) is 25.6 Å². The minimum atomic E-state index is -0.539. The summed E-state index contributed by atoms with van der Waals surface area (Å²) < 4.78 is 16.5. The van der Waals surface area contributed by atoms with Crippen molar-refractivity contribution < 1.29 is 23.8 Å². The lowest BCUT2D eigenvalue weighted by atomic mass is 10.00. The number of nitrogens with one attached hydrogen (secondary N) is 1. The number of ether oxygens (including phenoxy) is 3. The molecule has 1 aliphatic heterocycles. The predicted molar refractivity (Wildman–Crippen MR) is 126 cm³/mol. The molecule has 8 heteroatoms. The minimum Gasteiger partial charge on any atom is -0.493 e. The van der Waals surface area contributed by atoms with E-state index in [9.17, 15) is 9.59 Å². The minimum absolute atomic E-state index is 0.0681. The molecule has 1 N–H and O–H groups in total. The summed E-state index contributed by atoms with van der Waals surface area (Å²) in [7, 11) is 4.60. The van der Waals surface area contributed by atoms with Crippen LogP contribution in [-0.4, -0.2) is 43.0 Å². The zero-order valence-corrected chi connectivity index (χ0v) is 19.4.